The van der Waals surface area contributed by atoms with Crippen molar-refractivity contribution in [2.24, 2.45) is 14.1 Å². The van der Waals surface area contributed by atoms with Crippen LogP contribution >= 0.6 is 0 Å². The van der Waals surface area contributed by atoms with Crippen LogP contribution in [0, 0.1) is 0 Å². The Balaban J connectivity index is 2.32. The van der Waals surface area contributed by atoms with Crippen molar-refractivity contribution in [2.75, 3.05) is 5.73 Å². The highest BCUT2D eigenvalue weighted by Gasteiger charge is 2.20. The zero-order valence-corrected chi connectivity index (χ0v) is 10.6. The highest BCUT2D eigenvalue weighted by Crippen LogP contribution is 2.22. The lowest BCUT2D eigenvalue weighted by molar-refractivity contribution is -0.634. The number of hydrogen-bond donors (Lipinski definition) is 1. The van der Waals surface area contributed by atoms with Gasteiger partial charge in [0.05, 0.1) is 19.7 Å². The summed E-state index contributed by atoms with van der Waals surface area (Å²) < 4.78 is 4.42. The molecule has 0 amide bonds. The summed E-state index contributed by atoms with van der Waals surface area (Å²) in [5.74, 6) is 1.18. The van der Waals surface area contributed by atoms with E-state index in [1.165, 1.54) is 22.4 Å². The van der Waals surface area contributed by atoms with E-state index in [1.54, 1.807) is 0 Å². The van der Waals surface area contributed by atoms with Crippen LogP contribution in [0.4, 0.5) is 5.69 Å². The molecule has 2 aromatic carbocycles. The molecule has 2 N–H and O–H groups in total. The third kappa shape index (κ3) is 1.48. The van der Waals surface area contributed by atoms with Crippen LogP contribution in [0.1, 0.15) is 0 Å². The third-order valence-corrected chi connectivity index (χ3v) is 3.41. The fourth-order valence-corrected chi connectivity index (χ4v) is 2.50. The van der Waals surface area contributed by atoms with Gasteiger partial charge in [0.1, 0.15) is 0 Å². The molecule has 0 radical (unpaired) electrons. The first-order chi connectivity index (χ1) is 8.68. The van der Waals surface area contributed by atoms with Crippen LogP contribution < -0.4 is 10.3 Å². The number of rotatable bonds is 1. The number of anilines is 1. The van der Waals surface area contributed by atoms with Crippen LogP contribution in [0.15, 0.2) is 48.5 Å². The summed E-state index contributed by atoms with van der Waals surface area (Å²) in [6.45, 7) is 0. The van der Waals surface area contributed by atoms with Crippen molar-refractivity contribution in [3.05, 3.63) is 48.5 Å². The topological polar surface area (TPSA) is 34.8 Å². The maximum atomic E-state index is 5.74. The quantitative estimate of drug-likeness (QED) is 0.512. The van der Waals surface area contributed by atoms with Crippen LogP contribution in [-0.2, 0) is 14.1 Å². The molecular weight excluding hydrogens is 222 g/mol. The Morgan fingerprint density at radius 3 is 2.33 bits per heavy atom. The average molecular weight is 238 g/mol. The number of hydrogen-bond acceptors (Lipinski definition) is 1. The second-order valence-corrected chi connectivity index (χ2v) is 4.55. The minimum absolute atomic E-state index is 0.792. The van der Waals surface area contributed by atoms with Gasteiger partial charge in [-0.1, -0.05) is 12.1 Å². The van der Waals surface area contributed by atoms with E-state index < -0.39 is 0 Å². The molecule has 0 aliphatic heterocycles. The van der Waals surface area contributed by atoms with Gasteiger partial charge in [0, 0.05) is 5.69 Å². The van der Waals surface area contributed by atoms with Gasteiger partial charge in [-0.15, -0.1) is 0 Å². The van der Waals surface area contributed by atoms with Crippen LogP contribution in [0.2, 0.25) is 0 Å². The van der Waals surface area contributed by atoms with E-state index >= 15 is 0 Å². The lowest BCUT2D eigenvalue weighted by Crippen LogP contribution is -2.29. The first-order valence-electron chi connectivity index (χ1n) is 5.98. The smallest absolute Gasteiger partial charge is 0.289 e. The molecule has 1 aromatic heterocycles. The summed E-state index contributed by atoms with van der Waals surface area (Å²) in [6.07, 6.45) is 0. The molecule has 0 aliphatic carbocycles. The molecule has 3 aromatic rings. The SMILES string of the molecule is Cn1c(-c2ccc(N)cc2)[n+](C)c2ccccc21. The van der Waals surface area contributed by atoms with Crippen molar-refractivity contribution < 1.29 is 4.57 Å². The van der Waals surface area contributed by atoms with Crippen molar-refractivity contribution >= 4 is 16.7 Å². The number of nitrogens with zero attached hydrogens (tertiary/aromatic N) is 2. The van der Waals surface area contributed by atoms with Crippen LogP contribution in [0.5, 0.6) is 0 Å². The number of nitrogens with two attached hydrogens (primary N) is 1. The molecule has 3 heteroatoms. The minimum atomic E-state index is 0.792. The molecule has 0 saturated heterocycles. The minimum Gasteiger partial charge on any atom is -0.399 e. The summed E-state index contributed by atoms with van der Waals surface area (Å²) in [4.78, 5) is 0. The van der Waals surface area contributed by atoms with Crippen molar-refractivity contribution in [2.45, 2.75) is 0 Å². The highest BCUT2D eigenvalue weighted by molar-refractivity contribution is 5.76. The van der Waals surface area contributed by atoms with E-state index in [-0.39, 0.29) is 0 Å². The molecular formula is C15H16N3+. The maximum absolute atomic E-state index is 5.74. The first-order valence-corrected chi connectivity index (χ1v) is 5.98. The Morgan fingerprint density at radius 1 is 1.00 bits per heavy atom. The van der Waals surface area contributed by atoms with Gasteiger partial charge in [-0.2, -0.15) is 0 Å². The first kappa shape index (κ1) is 10.8. The Labute approximate surface area is 106 Å². The summed E-state index contributed by atoms with van der Waals surface area (Å²) in [5, 5.41) is 0. The normalized spacial score (nSPS) is 11.0. The molecule has 0 saturated carbocycles. The van der Waals surface area contributed by atoms with Crippen LogP contribution in [-0.4, -0.2) is 4.57 Å². The number of nitrogen functional groups attached to an aromatic ring is 1. The van der Waals surface area contributed by atoms with Crippen molar-refractivity contribution in [1.29, 1.82) is 0 Å². The van der Waals surface area contributed by atoms with Crippen LogP contribution in [0.3, 0.4) is 0 Å². The zero-order chi connectivity index (χ0) is 12.7. The van der Waals surface area contributed by atoms with E-state index in [4.69, 9.17) is 5.73 Å². The molecule has 0 aliphatic rings. The Hall–Kier alpha value is -2.29. The Morgan fingerprint density at radius 2 is 1.67 bits per heavy atom. The molecule has 0 bridgehead atoms. The van der Waals surface area contributed by atoms with Crippen molar-refractivity contribution in [1.82, 2.24) is 4.57 Å². The van der Waals surface area contributed by atoms with Gasteiger partial charge in [-0.25, -0.2) is 9.13 Å². The Kier molecular flexibility index (Phi) is 2.33. The summed E-state index contributed by atoms with van der Waals surface area (Å²) >= 11 is 0. The Bertz CT molecular complexity index is 669. The number of aryl methyl sites for hydroxylation is 2. The number of aromatic nitrogens is 2. The van der Waals surface area contributed by atoms with Gasteiger partial charge in [0.25, 0.3) is 5.82 Å². The second-order valence-electron chi connectivity index (χ2n) is 4.55. The predicted molar refractivity (Wildman–Crippen MR) is 73.9 cm³/mol. The summed E-state index contributed by atoms with van der Waals surface area (Å²) in [5.41, 5.74) is 10.2. The molecule has 0 unspecified atom stereocenters. The summed E-state index contributed by atoms with van der Waals surface area (Å²) in [7, 11) is 4.18. The lowest BCUT2D eigenvalue weighted by Gasteiger charge is -1.99. The van der Waals surface area contributed by atoms with Gasteiger partial charge in [-0.3, -0.25) is 0 Å². The van der Waals surface area contributed by atoms with Gasteiger partial charge in [0.2, 0.25) is 0 Å². The van der Waals surface area contributed by atoms with Gasteiger partial charge in [0.15, 0.2) is 11.0 Å². The zero-order valence-electron chi connectivity index (χ0n) is 10.6. The van der Waals surface area contributed by atoms with E-state index in [2.05, 4.69) is 59.6 Å². The standard InChI is InChI=1S/C15H15N3/c1-17-13-5-3-4-6-14(13)18(2)15(17)11-7-9-12(16)10-8-11/h3-10,16H,1-2H3/p+1. The molecule has 3 rings (SSSR count). The van der Waals surface area contributed by atoms with Gasteiger partial charge in [-0.05, 0) is 36.4 Å². The molecule has 0 fully saturated rings. The van der Waals surface area contributed by atoms with Crippen molar-refractivity contribution in [3.8, 4) is 11.4 Å². The monoisotopic (exact) mass is 238 g/mol. The summed E-state index contributed by atoms with van der Waals surface area (Å²) in [6, 6.07) is 16.4. The van der Waals surface area contributed by atoms with E-state index in [9.17, 15) is 0 Å². The predicted octanol–water partition coefficient (Wildman–Crippen LogP) is 2.25. The molecule has 18 heavy (non-hydrogen) atoms. The number of imidazole rings is 1. The fraction of sp³-hybridized carbons (Fsp3) is 0.133. The third-order valence-electron chi connectivity index (χ3n) is 3.41. The highest BCUT2D eigenvalue weighted by atomic mass is 15.1. The molecule has 0 atom stereocenters. The second kappa shape index (κ2) is 3.88. The van der Waals surface area contributed by atoms with E-state index in [0.717, 1.165) is 5.69 Å². The lowest BCUT2D eigenvalue weighted by atomic mass is 10.2. The van der Waals surface area contributed by atoms with Crippen LogP contribution in [0.25, 0.3) is 22.4 Å². The van der Waals surface area contributed by atoms with Crippen molar-refractivity contribution in [3.63, 3.8) is 0 Å². The average Bonchev–Trinajstić information content (AvgIpc) is 2.64. The van der Waals surface area contributed by atoms with Gasteiger partial charge >= 0.3 is 0 Å². The number of fused-ring (bicyclic) bond motifs is 1. The van der Waals surface area contributed by atoms with E-state index in [1.807, 2.05) is 12.1 Å². The molecule has 90 valence electrons. The maximum Gasteiger partial charge on any atom is 0.289 e. The number of para-hydroxylation sites is 2. The largest absolute Gasteiger partial charge is 0.399 e. The molecule has 1 heterocycles. The molecule has 3 nitrogen and oxygen atoms in total. The fourth-order valence-electron chi connectivity index (χ4n) is 2.50. The number of benzene rings is 2. The van der Waals surface area contributed by atoms with Gasteiger partial charge < -0.3 is 5.73 Å². The molecule has 0 spiro atoms. The van der Waals surface area contributed by atoms with E-state index in [0.29, 0.717) is 0 Å².